The van der Waals surface area contributed by atoms with Gasteiger partial charge < -0.3 is 0 Å². The molecule has 0 heterocycles. The van der Waals surface area contributed by atoms with Crippen LogP contribution >= 0.6 is 27.7 Å². The Kier molecular flexibility index (Phi) is 6.56. The second-order valence-electron chi connectivity index (χ2n) is 4.12. The van der Waals surface area contributed by atoms with Crippen LogP contribution in [0.1, 0.15) is 44.9 Å². The lowest BCUT2D eigenvalue weighted by Crippen LogP contribution is -2.05. The predicted octanol–water partition coefficient (Wildman–Crippen LogP) is 4.47. The van der Waals surface area contributed by atoms with Crippen LogP contribution in [0.5, 0.6) is 0 Å². The fourth-order valence-electron chi connectivity index (χ4n) is 2.17. The molecule has 0 aliphatic heterocycles. The van der Waals surface area contributed by atoms with Gasteiger partial charge >= 0.3 is 0 Å². The molecule has 0 aromatic carbocycles. The molecule has 0 radical (unpaired) electrons. The molecule has 0 amide bonds. The highest BCUT2D eigenvalue weighted by atomic mass is 79.9. The maximum atomic E-state index is 3.78. The summed E-state index contributed by atoms with van der Waals surface area (Å²) in [6.45, 7) is 0. The first-order valence-electron chi connectivity index (χ1n) is 5.46. The summed E-state index contributed by atoms with van der Waals surface area (Å²) in [6.07, 6.45) is 12.3. The lowest BCUT2D eigenvalue weighted by molar-refractivity contribution is 0.430. The van der Waals surface area contributed by atoms with Crippen LogP contribution < -0.4 is 0 Å². The molecule has 1 saturated carbocycles. The molecule has 1 aliphatic rings. The Morgan fingerprint density at radius 3 is 2.85 bits per heavy atom. The topological polar surface area (TPSA) is 0 Å². The Bertz CT molecular complexity index is 127. The predicted molar refractivity (Wildman–Crippen MR) is 66.9 cm³/mol. The molecule has 13 heavy (non-hydrogen) atoms. The summed E-state index contributed by atoms with van der Waals surface area (Å²) < 4.78 is 0. The third-order valence-corrected chi connectivity index (χ3v) is 4.46. The molecule has 2 atom stereocenters. The molecule has 0 aromatic heterocycles. The Morgan fingerprint density at radius 1 is 1.31 bits per heavy atom. The number of alkyl halides is 1. The van der Waals surface area contributed by atoms with Crippen molar-refractivity contribution in [3.8, 4) is 0 Å². The van der Waals surface area contributed by atoms with Gasteiger partial charge in [-0.1, -0.05) is 35.2 Å². The number of thioether (sulfide) groups is 1. The van der Waals surface area contributed by atoms with E-state index in [0.29, 0.717) is 0 Å². The van der Waals surface area contributed by atoms with Gasteiger partial charge in [-0.05, 0) is 43.6 Å². The minimum absolute atomic E-state index is 0.814. The van der Waals surface area contributed by atoms with Gasteiger partial charge in [-0.2, -0.15) is 11.8 Å². The molecule has 0 saturated heterocycles. The van der Waals surface area contributed by atoms with E-state index >= 15 is 0 Å². The monoisotopic (exact) mass is 264 g/mol. The second kappa shape index (κ2) is 7.17. The van der Waals surface area contributed by atoms with E-state index in [1.54, 1.807) is 0 Å². The van der Waals surface area contributed by atoms with Crippen molar-refractivity contribution in [1.82, 2.24) is 0 Å². The van der Waals surface area contributed by atoms with Crippen molar-refractivity contribution in [1.29, 1.82) is 0 Å². The molecule has 0 aromatic rings. The van der Waals surface area contributed by atoms with E-state index < -0.39 is 0 Å². The van der Waals surface area contributed by atoms with Crippen molar-refractivity contribution in [3.63, 3.8) is 0 Å². The van der Waals surface area contributed by atoms with E-state index in [9.17, 15) is 0 Å². The van der Waals surface area contributed by atoms with E-state index in [1.807, 2.05) is 11.8 Å². The molecular formula is C11H21BrS. The molecule has 1 fully saturated rings. The lowest BCUT2D eigenvalue weighted by atomic mass is 9.95. The fourth-order valence-corrected chi connectivity index (χ4v) is 3.48. The highest BCUT2D eigenvalue weighted by Crippen LogP contribution is 2.30. The van der Waals surface area contributed by atoms with E-state index in [2.05, 4.69) is 22.2 Å². The zero-order chi connectivity index (χ0) is 9.52. The first-order valence-corrected chi connectivity index (χ1v) is 7.77. The average Bonchev–Trinajstić information content (AvgIpc) is 2.31. The molecule has 0 nitrogen and oxygen atoms in total. The maximum absolute atomic E-state index is 3.78. The van der Waals surface area contributed by atoms with E-state index in [-0.39, 0.29) is 0 Å². The number of hydrogen-bond donors (Lipinski definition) is 0. The first-order chi connectivity index (χ1) is 6.33. The van der Waals surface area contributed by atoms with Gasteiger partial charge in [0, 0.05) is 4.83 Å². The van der Waals surface area contributed by atoms with E-state index in [0.717, 1.165) is 10.7 Å². The Balaban J connectivity index is 2.15. The van der Waals surface area contributed by atoms with Crippen LogP contribution in [0.3, 0.4) is 0 Å². The SMILES string of the molecule is CSCCCC1CCCCC(Br)C1. The van der Waals surface area contributed by atoms with Crippen LogP contribution in [0, 0.1) is 5.92 Å². The van der Waals surface area contributed by atoms with Crippen LogP contribution in [0.15, 0.2) is 0 Å². The zero-order valence-electron chi connectivity index (χ0n) is 8.60. The van der Waals surface area contributed by atoms with Crippen LogP contribution in [-0.4, -0.2) is 16.8 Å². The van der Waals surface area contributed by atoms with Gasteiger partial charge in [0.1, 0.15) is 0 Å². The first kappa shape index (κ1) is 11.9. The van der Waals surface area contributed by atoms with Gasteiger partial charge in [0.2, 0.25) is 0 Å². The Hall–Kier alpha value is 0.830. The molecule has 0 bridgehead atoms. The zero-order valence-corrected chi connectivity index (χ0v) is 11.0. The van der Waals surface area contributed by atoms with Gasteiger partial charge in [0.05, 0.1) is 0 Å². The molecule has 1 rings (SSSR count). The van der Waals surface area contributed by atoms with Gasteiger partial charge in [-0.3, -0.25) is 0 Å². The van der Waals surface area contributed by atoms with E-state index in [4.69, 9.17) is 0 Å². The summed E-state index contributed by atoms with van der Waals surface area (Å²) in [7, 11) is 0. The third-order valence-electron chi connectivity index (χ3n) is 2.93. The highest BCUT2D eigenvalue weighted by molar-refractivity contribution is 9.09. The molecule has 2 heteroatoms. The van der Waals surface area contributed by atoms with Gasteiger partial charge in [0.25, 0.3) is 0 Å². The second-order valence-corrected chi connectivity index (χ2v) is 6.40. The van der Waals surface area contributed by atoms with Crippen molar-refractivity contribution >= 4 is 27.7 Å². The molecule has 1 aliphatic carbocycles. The van der Waals surface area contributed by atoms with Crippen molar-refractivity contribution in [2.75, 3.05) is 12.0 Å². The standard InChI is InChI=1S/C11H21BrS/c1-13-8-4-6-10-5-2-3-7-11(12)9-10/h10-11H,2-9H2,1H3. The minimum atomic E-state index is 0.814. The minimum Gasteiger partial charge on any atom is -0.165 e. The summed E-state index contributed by atoms with van der Waals surface area (Å²) >= 11 is 5.77. The van der Waals surface area contributed by atoms with E-state index in [1.165, 1.54) is 50.7 Å². The van der Waals surface area contributed by atoms with Crippen LogP contribution in [0.25, 0.3) is 0 Å². The smallest absolute Gasteiger partial charge is 0.0148 e. The summed E-state index contributed by atoms with van der Waals surface area (Å²) in [4.78, 5) is 0.814. The molecule has 0 N–H and O–H groups in total. The van der Waals surface area contributed by atoms with Crippen molar-refractivity contribution in [2.45, 2.75) is 49.8 Å². The summed E-state index contributed by atoms with van der Waals surface area (Å²) in [5.74, 6) is 2.36. The molecule has 78 valence electrons. The van der Waals surface area contributed by atoms with Crippen LogP contribution in [-0.2, 0) is 0 Å². The fraction of sp³-hybridized carbons (Fsp3) is 1.00. The average molecular weight is 265 g/mol. The summed E-state index contributed by atoms with van der Waals surface area (Å²) in [5, 5.41) is 0. The summed E-state index contributed by atoms with van der Waals surface area (Å²) in [5.41, 5.74) is 0. The quantitative estimate of drug-likeness (QED) is 0.410. The number of halogens is 1. The van der Waals surface area contributed by atoms with Crippen molar-refractivity contribution < 1.29 is 0 Å². The van der Waals surface area contributed by atoms with Crippen molar-refractivity contribution in [3.05, 3.63) is 0 Å². The van der Waals surface area contributed by atoms with Gasteiger partial charge in [-0.25, -0.2) is 0 Å². The van der Waals surface area contributed by atoms with Crippen molar-refractivity contribution in [2.24, 2.45) is 5.92 Å². The normalized spacial score (nSPS) is 30.0. The van der Waals surface area contributed by atoms with Crippen LogP contribution in [0.2, 0.25) is 0 Å². The van der Waals surface area contributed by atoms with Crippen LogP contribution in [0.4, 0.5) is 0 Å². The van der Waals surface area contributed by atoms with Gasteiger partial charge in [0.15, 0.2) is 0 Å². The van der Waals surface area contributed by atoms with Gasteiger partial charge in [-0.15, -0.1) is 0 Å². The molecular weight excluding hydrogens is 244 g/mol. The lowest BCUT2D eigenvalue weighted by Gasteiger charge is -2.15. The highest BCUT2D eigenvalue weighted by Gasteiger charge is 2.17. The Morgan fingerprint density at radius 2 is 2.08 bits per heavy atom. The Labute approximate surface area is 95.4 Å². The molecule has 2 unspecified atom stereocenters. The number of rotatable bonds is 4. The summed E-state index contributed by atoms with van der Waals surface area (Å²) in [6, 6.07) is 0. The number of hydrogen-bond acceptors (Lipinski definition) is 1. The largest absolute Gasteiger partial charge is 0.165 e. The molecule has 0 spiro atoms. The maximum Gasteiger partial charge on any atom is 0.0148 e. The third kappa shape index (κ3) is 5.31.